The second kappa shape index (κ2) is 6.82. The number of nitrogens with zero attached hydrogens (tertiary/aromatic N) is 2. The predicted octanol–water partition coefficient (Wildman–Crippen LogP) is 5.08. The summed E-state index contributed by atoms with van der Waals surface area (Å²) in [6.07, 6.45) is 8.53. The van der Waals surface area contributed by atoms with Crippen LogP contribution in [0.2, 0.25) is 10.0 Å². The van der Waals surface area contributed by atoms with E-state index in [1.807, 2.05) is 35.0 Å². The molecule has 5 heteroatoms. The topological polar surface area (TPSA) is 34.9 Å². The Morgan fingerprint density at radius 2 is 1.74 bits per heavy atom. The van der Waals surface area contributed by atoms with Crippen molar-refractivity contribution < 1.29 is 4.79 Å². The van der Waals surface area contributed by atoms with Gasteiger partial charge in [0.1, 0.15) is 0 Å². The number of ketones is 1. The van der Waals surface area contributed by atoms with Crippen LogP contribution in [0.15, 0.2) is 67.3 Å². The van der Waals surface area contributed by atoms with E-state index in [9.17, 15) is 4.79 Å². The monoisotopic (exact) mass is 342 g/mol. The molecule has 0 spiro atoms. The zero-order chi connectivity index (χ0) is 16.2. The summed E-state index contributed by atoms with van der Waals surface area (Å²) in [4.78, 5) is 16.3. The highest BCUT2D eigenvalue weighted by atomic mass is 35.5. The highest BCUT2D eigenvalue weighted by molar-refractivity contribution is 6.40. The molecule has 0 unspecified atom stereocenters. The first-order valence-corrected chi connectivity index (χ1v) is 7.65. The second-order valence-corrected chi connectivity index (χ2v) is 5.67. The van der Waals surface area contributed by atoms with Crippen LogP contribution in [0.3, 0.4) is 0 Å². The summed E-state index contributed by atoms with van der Waals surface area (Å²) in [6.45, 7) is 0. The van der Waals surface area contributed by atoms with Crippen LogP contribution in [-0.2, 0) is 0 Å². The zero-order valence-corrected chi connectivity index (χ0v) is 13.5. The fourth-order valence-electron chi connectivity index (χ4n) is 2.16. The molecule has 3 rings (SSSR count). The number of rotatable bonds is 4. The van der Waals surface area contributed by atoms with Gasteiger partial charge in [0, 0.05) is 18.1 Å². The van der Waals surface area contributed by atoms with Crippen molar-refractivity contribution >= 4 is 35.1 Å². The van der Waals surface area contributed by atoms with Crippen LogP contribution in [-0.4, -0.2) is 15.3 Å². The Morgan fingerprint density at radius 3 is 2.35 bits per heavy atom. The molecule has 0 bridgehead atoms. The van der Waals surface area contributed by atoms with E-state index in [1.165, 1.54) is 6.08 Å². The van der Waals surface area contributed by atoms with Gasteiger partial charge in [-0.15, -0.1) is 0 Å². The van der Waals surface area contributed by atoms with Crippen LogP contribution in [0.4, 0.5) is 0 Å². The van der Waals surface area contributed by atoms with Crippen molar-refractivity contribution in [3.8, 4) is 5.69 Å². The van der Waals surface area contributed by atoms with Crippen molar-refractivity contribution in [3.05, 3.63) is 88.4 Å². The number of hydrogen-bond donors (Lipinski definition) is 0. The van der Waals surface area contributed by atoms with Crippen molar-refractivity contribution in [2.75, 3.05) is 0 Å². The summed E-state index contributed by atoms with van der Waals surface area (Å²) in [6, 6.07) is 12.8. The molecule has 0 N–H and O–H groups in total. The minimum atomic E-state index is -0.223. The van der Waals surface area contributed by atoms with E-state index in [0.29, 0.717) is 15.6 Å². The molecular weight excluding hydrogens is 331 g/mol. The standard InChI is InChI=1S/C18H12Cl2N2O/c19-15-2-1-3-16(20)18(15)17(23)9-6-13-4-7-14(8-5-13)22-11-10-21-12-22/h1-12H/b9-6+. The molecule has 0 saturated carbocycles. The highest BCUT2D eigenvalue weighted by Crippen LogP contribution is 2.25. The molecule has 0 fully saturated rings. The molecule has 0 radical (unpaired) electrons. The highest BCUT2D eigenvalue weighted by Gasteiger charge is 2.11. The molecule has 3 aromatic rings. The van der Waals surface area contributed by atoms with E-state index in [2.05, 4.69) is 4.98 Å². The maximum absolute atomic E-state index is 12.2. The molecule has 0 aliphatic carbocycles. The predicted molar refractivity (Wildman–Crippen MR) is 93.4 cm³/mol. The summed E-state index contributed by atoms with van der Waals surface area (Å²) in [5.74, 6) is -0.223. The molecule has 2 aromatic carbocycles. The molecule has 1 heterocycles. The molecule has 0 aliphatic heterocycles. The Balaban J connectivity index is 1.79. The summed E-state index contributed by atoms with van der Waals surface area (Å²) in [5.41, 5.74) is 2.23. The maximum atomic E-state index is 12.2. The lowest BCUT2D eigenvalue weighted by Crippen LogP contribution is -1.96. The molecule has 1 aromatic heterocycles. The summed E-state index contributed by atoms with van der Waals surface area (Å²) >= 11 is 12.1. The van der Waals surface area contributed by atoms with Crippen molar-refractivity contribution in [2.45, 2.75) is 0 Å². The van der Waals surface area contributed by atoms with E-state index < -0.39 is 0 Å². The zero-order valence-electron chi connectivity index (χ0n) is 12.0. The largest absolute Gasteiger partial charge is 0.306 e. The maximum Gasteiger partial charge on any atom is 0.188 e. The van der Waals surface area contributed by atoms with Crippen LogP contribution < -0.4 is 0 Å². The van der Waals surface area contributed by atoms with E-state index in [-0.39, 0.29) is 5.78 Å². The minimum Gasteiger partial charge on any atom is -0.306 e. The molecule has 0 atom stereocenters. The van der Waals surface area contributed by atoms with Gasteiger partial charge in [0.05, 0.1) is 21.9 Å². The molecule has 0 saturated heterocycles. The number of halogens is 2. The van der Waals surface area contributed by atoms with Gasteiger partial charge in [-0.2, -0.15) is 0 Å². The molecule has 3 nitrogen and oxygen atoms in total. The van der Waals surface area contributed by atoms with Crippen LogP contribution in [0.25, 0.3) is 11.8 Å². The molecule has 23 heavy (non-hydrogen) atoms. The Hall–Kier alpha value is -2.36. The fourth-order valence-corrected chi connectivity index (χ4v) is 2.74. The normalized spacial score (nSPS) is 11.0. The summed E-state index contributed by atoms with van der Waals surface area (Å²) < 4.78 is 1.90. The summed E-state index contributed by atoms with van der Waals surface area (Å²) in [7, 11) is 0. The second-order valence-electron chi connectivity index (χ2n) is 4.86. The lowest BCUT2D eigenvalue weighted by Gasteiger charge is -2.03. The quantitative estimate of drug-likeness (QED) is 0.489. The fraction of sp³-hybridized carbons (Fsp3) is 0. The van der Waals surface area contributed by atoms with Crippen molar-refractivity contribution in [1.29, 1.82) is 0 Å². The van der Waals surface area contributed by atoms with E-state index in [4.69, 9.17) is 23.2 Å². The molecule has 0 amide bonds. The van der Waals surface area contributed by atoms with Crippen LogP contribution in [0, 0.1) is 0 Å². The minimum absolute atomic E-state index is 0.223. The smallest absolute Gasteiger partial charge is 0.188 e. The number of allylic oxidation sites excluding steroid dienone is 1. The molecule has 0 aliphatic rings. The third kappa shape index (κ3) is 3.52. The van der Waals surface area contributed by atoms with Gasteiger partial charge in [0.15, 0.2) is 5.78 Å². The Bertz CT molecular complexity index is 833. The average Bonchev–Trinajstić information content (AvgIpc) is 3.08. The molecule has 114 valence electrons. The van der Waals surface area contributed by atoms with Gasteiger partial charge >= 0.3 is 0 Å². The average molecular weight is 343 g/mol. The van der Waals surface area contributed by atoms with Gasteiger partial charge < -0.3 is 4.57 Å². The van der Waals surface area contributed by atoms with Gasteiger partial charge in [-0.3, -0.25) is 4.79 Å². The Morgan fingerprint density at radius 1 is 1.04 bits per heavy atom. The van der Waals surface area contributed by atoms with Gasteiger partial charge in [0.2, 0.25) is 0 Å². The number of hydrogen-bond acceptors (Lipinski definition) is 2. The Kier molecular flexibility index (Phi) is 4.60. The first-order valence-electron chi connectivity index (χ1n) is 6.90. The third-order valence-corrected chi connectivity index (χ3v) is 3.96. The number of carbonyl (C=O) groups is 1. The lowest BCUT2D eigenvalue weighted by molar-refractivity contribution is 0.104. The van der Waals surface area contributed by atoms with E-state index >= 15 is 0 Å². The van der Waals surface area contributed by atoms with Crippen LogP contribution in [0.1, 0.15) is 15.9 Å². The van der Waals surface area contributed by atoms with E-state index in [1.54, 1.807) is 36.8 Å². The number of carbonyl (C=O) groups excluding carboxylic acids is 1. The van der Waals surface area contributed by atoms with Crippen LogP contribution in [0.5, 0.6) is 0 Å². The summed E-state index contributed by atoms with van der Waals surface area (Å²) in [5, 5.41) is 0.699. The SMILES string of the molecule is O=C(/C=C/c1ccc(-n2ccnc2)cc1)c1c(Cl)cccc1Cl. The number of aromatic nitrogens is 2. The number of benzene rings is 2. The molecular formula is C18H12Cl2N2O. The van der Waals surface area contributed by atoms with Crippen molar-refractivity contribution in [3.63, 3.8) is 0 Å². The van der Waals surface area contributed by atoms with Gasteiger partial charge in [0.25, 0.3) is 0 Å². The lowest BCUT2D eigenvalue weighted by atomic mass is 10.1. The first kappa shape index (κ1) is 15.5. The first-order chi connectivity index (χ1) is 11.1. The third-order valence-electron chi connectivity index (χ3n) is 3.33. The van der Waals surface area contributed by atoms with Crippen LogP contribution >= 0.6 is 23.2 Å². The number of imidazole rings is 1. The van der Waals surface area contributed by atoms with Crippen molar-refractivity contribution in [1.82, 2.24) is 9.55 Å². The van der Waals surface area contributed by atoms with Crippen molar-refractivity contribution in [2.24, 2.45) is 0 Å². The van der Waals surface area contributed by atoms with Gasteiger partial charge in [-0.25, -0.2) is 4.98 Å². The Labute approximate surface area is 143 Å². The van der Waals surface area contributed by atoms with Gasteiger partial charge in [-0.05, 0) is 35.9 Å². The van der Waals surface area contributed by atoms with Gasteiger partial charge in [-0.1, -0.05) is 47.5 Å². The van der Waals surface area contributed by atoms with E-state index in [0.717, 1.165) is 11.3 Å².